The quantitative estimate of drug-likeness (QED) is 0.337. The Bertz CT molecular complexity index is 1280. The molecule has 162 valence electrons. The van der Waals surface area contributed by atoms with Crippen molar-refractivity contribution in [2.24, 2.45) is 0 Å². The Kier molecular flexibility index (Phi) is 5.52. The summed E-state index contributed by atoms with van der Waals surface area (Å²) in [4.78, 5) is 12.3. The van der Waals surface area contributed by atoms with Gasteiger partial charge in [-0.2, -0.15) is 13.2 Å². The van der Waals surface area contributed by atoms with Crippen LogP contribution in [0.5, 0.6) is 0 Å². The first kappa shape index (κ1) is 21.6. The molecule has 0 atom stereocenters. The predicted molar refractivity (Wildman–Crippen MR) is 112 cm³/mol. The molecule has 0 aromatic heterocycles. The maximum atomic E-state index is 14.8. The summed E-state index contributed by atoms with van der Waals surface area (Å²) in [6.45, 7) is 0. The van der Waals surface area contributed by atoms with Crippen LogP contribution in [0.3, 0.4) is 0 Å². The molecule has 0 radical (unpaired) electrons. The van der Waals surface area contributed by atoms with E-state index in [-0.39, 0.29) is 11.1 Å². The van der Waals surface area contributed by atoms with E-state index in [4.69, 9.17) is 16.3 Å². The summed E-state index contributed by atoms with van der Waals surface area (Å²) in [5.41, 5.74) is -0.530. The van der Waals surface area contributed by atoms with Crippen LogP contribution in [-0.2, 0) is 15.7 Å². The third-order valence-corrected chi connectivity index (χ3v) is 5.26. The molecule has 0 aliphatic carbocycles. The summed E-state index contributed by atoms with van der Waals surface area (Å²) in [7, 11) is 0. The van der Waals surface area contributed by atoms with Gasteiger partial charge < -0.3 is 9.84 Å². The highest BCUT2D eigenvalue weighted by atomic mass is 35.5. The summed E-state index contributed by atoms with van der Waals surface area (Å²) in [5, 5.41) is 9.88. The maximum Gasteiger partial charge on any atom is 0.417 e. The number of rotatable bonds is 3. The number of aliphatic hydroxyl groups is 1. The number of alkyl halides is 3. The predicted octanol–water partition coefficient (Wildman–Crippen LogP) is 7.03. The van der Waals surface area contributed by atoms with E-state index in [1.54, 1.807) is 30.3 Å². The number of halogens is 5. The van der Waals surface area contributed by atoms with Crippen LogP contribution in [0, 0.1) is 5.82 Å². The highest BCUT2D eigenvalue weighted by Crippen LogP contribution is 2.39. The first-order valence-corrected chi connectivity index (χ1v) is 9.63. The first-order chi connectivity index (χ1) is 15.2. The fraction of sp³-hybridized carbons (Fsp3) is 0.0417. The number of hydrogen-bond donors (Lipinski definition) is 1. The molecule has 32 heavy (non-hydrogen) atoms. The van der Waals surface area contributed by atoms with Gasteiger partial charge in [-0.25, -0.2) is 9.18 Å². The third-order valence-electron chi connectivity index (χ3n) is 4.84. The highest BCUT2D eigenvalue weighted by Gasteiger charge is 2.35. The van der Waals surface area contributed by atoms with Crippen molar-refractivity contribution in [1.82, 2.24) is 0 Å². The van der Waals surface area contributed by atoms with Gasteiger partial charge in [0, 0.05) is 5.56 Å². The Labute approximate surface area is 184 Å². The number of ether oxygens (including phenoxy) is 1. The van der Waals surface area contributed by atoms with E-state index in [1.807, 2.05) is 6.07 Å². The lowest BCUT2D eigenvalue weighted by Crippen LogP contribution is -2.06. The molecule has 1 aliphatic heterocycles. The van der Waals surface area contributed by atoms with Gasteiger partial charge in [0.05, 0.1) is 10.6 Å². The number of carbonyl (C=O) groups is 1. The molecular formula is C24H13ClF4O3. The van der Waals surface area contributed by atoms with Gasteiger partial charge in [0.25, 0.3) is 0 Å². The van der Waals surface area contributed by atoms with Crippen LogP contribution in [0.25, 0.3) is 22.8 Å². The number of esters is 1. The van der Waals surface area contributed by atoms with Gasteiger partial charge in [0.1, 0.15) is 11.4 Å². The Morgan fingerprint density at radius 1 is 0.938 bits per heavy atom. The zero-order valence-corrected chi connectivity index (χ0v) is 16.8. The molecule has 4 rings (SSSR count). The minimum absolute atomic E-state index is 0.128. The molecule has 1 aliphatic rings. The van der Waals surface area contributed by atoms with Crippen molar-refractivity contribution in [3.05, 3.63) is 106 Å². The van der Waals surface area contributed by atoms with Crippen LogP contribution in [0.4, 0.5) is 17.6 Å². The van der Waals surface area contributed by atoms with Crippen LogP contribution in [0.2, 0.25) is 5.02 Å². The standard InChI is InChI=1S/C24H13ClF4O3/c25-21-15(7-4-8-17(21)24(27,28)29)12-19-22(30)20(23(31)32-19)16-10-9-14(11-18(16)26)13-5-2-1-3-6-13/h1-12,30H/b19-12-. The van der Waals surface area contributed by atoms with Crippen molar-refractivity contribution in [3.63, 3.8) is 0 Å². The monoisotopic (exact) mass is 460 g/mol. The van der Waals surface area contributed by atoms with E-state index < -0.39 is 45.6 Å². The molecule has 0 amide bonds. The lowest BCUT2D eigenvalue weighted by atomic mass is 9.99. The van der Waals surface area contributed by atoms with Crippen molar-refractivity contribution in [2.75, 3.05) is 0 Å². The molecule has 8 heteroatoms. The molecule has 3 aromatic rings. The SMILES string of the molecule is O=C1O/C(=C\c2cccc(C(F)(F)F)c2Cl)C(O)=C1c1ccc(-c2ccccc2)cc1F. The van der Waals surface area contributed by atoms with Crippen LogP contribution in [-0.4, -0.2) is 11.1 Å². The van der Waals surface area contributed by atoms with Crippen LogP contribution in [0.15, 0.2) is 78.2 Å². The van der Waals surface area contributed by atoms with Crippen LogP contribution in [0.1, 0.15) is 16.7 Å². The van der Waals surface area contributed by atoms with Crippen molar-refractivity contribution < 1.29 is 32.2 Å². The van der Waals surface area contributed by atoms with Gasteiger partial charge in [0.15, 0.2) is 11.5 Å². The molecule has 1 heterocycles. The molecule has 0 saturated heterocycles. The number of cyclic esters (lactones) is 1. The second kappa shape index (κ2) is 8.16. The second-order valence-electron chi connectivity index (χ2n) is 6.89. The fourth-order valence-electron chi connectivity index (χ4n) is 3.30. The summed E-state index contributed by atoms with van der Waals surface area (Å²) >= 11 is 5.85. The largest absolute Gasteiger partial charge is 0.504 e. The van der Waals surface area contributed by atoms with Gasteiger partial charge >= 0.3 is 12.1 Å². The summed E-state index contributed by atoms with van der Waals surface area (Å²) in [5.74, 6) is -2.95. The Balaban J connectivity index is 1.75. The first-order valence-electron chi connectivity index (χ1n) is 9.25. The third kappa shape index (κ3) is 3.99. The molecule has 0 saturated carbocycles. The summed E-state index contributed by atoms with van der Waals surface area (Å²) in [6, 6.07) is 16.3. The van der Waals surface area contributed by atoms with Crippen molar-refractivity contribution in [1.29, 1.82) is 0 Å². The molecule has 0 bridgehead atoms. The molecular weight excluding hydrogens is 448 g/mol. The molecule has 0 spiro atoms. The average Bonchev–Trinajstić information content (AvgIpc) is 3.02. The molecule has 1 N–H and O–H groups in total. The lowest BCUT2D eigenvalue weighted by Gasteiger charge is -2.10. The van der Waals surface area contributed by atoms with Gasteiger partial charge in [-0.05, 0) is 34.9 Å². The minimum atomic E-state index is -4.69. The van der Waals surface area contributed by atoms with E-state index in [9.17, 15) is 27.5 Å². The van der Waals surface area contributed by atoms with Crippen molar-refractivity contribution >= 4 is 29.2 Å². The van der Waals surface area contributed by atoms with Gasteiger partial charge in [-0.3, -0.25) is 0 Å². The molecule has 3 aromatic carbocycles. The summed E-state index contributed by atoms with van der Waals surface area (Å²) in [6.07, 6.45) is -3.70. The Morgan fingerprint density at radius 3 is 2.31 bits per heavy atom. The normalized spacial score (nSPS) is 15.4. The second-order valence-corrected chi connectivity index (χ2v) is 7.27. The molecule has 0 unspecified atom stereocenters. The smallest absolute Gasteiger partial charge is 0.417 e. The van der Waals surface area contributed by atoms with Crippen LogP contribution < -0.4 is 0 Å². The Hall–Kier alpha value is -3.58. The minimum Gasteiger partial charge on any atom is -0.504 e. The lowest BCUT2D eigenvalue weighted by molar-refractivity contribution is -0.137. The average molecular weight is 461 g/mol. The van der Waals surface area contributed by atoms with E-state index >= 15 is 0 Å². The van der Waals surface area contributed by atoms with E-state index in [0.29, 0.717) is 5.56 Å². The van der Waals surface area contributed by atoms with Gasteiger partial charge in [0.2, 0.25) is 0 Å². The summed E-state index contributed by atoms with van der Waals surface area (Å²) < 4.78 is 59.0. The molecule has 3 nitrogen and oxygen atoms in total. The molecule has 0 fully saturated rings. The van der Waals surface area contributed by atoms with Crippen molar-refractivity contribution in [2.45, 2.75) is 6.18 Å². The van der Waals surface area contributed by atoms with Gasteiger partial charge in [-0.15, -0.1) is 0 Å². The van der Waals surface area contributed by atoms with Crippen molar-refractivity contribution in [3.8, 4) is 11.1 Å². The van der Waals surface area contributed by atoms with Gasteiger partial charge in [-0.1, -0.05) is 66.2 Å². The van der Waals surface area contributed by atoms with E-state index in [2.05, 4.69) is 0 Å². The zero-order chi connectivity index (χ0) is 23.0. The number of aliphatic hydroxyl groups excluding tert-OH is 1. The van der Waals surface area contributed by atoms with Crippen LogP contribution >= 0.6 is 11.6 Å². The van der Waals surface area contributed by atoms with E-state index in [1.165, 1.54) is 18.2 Å². The Morgan fingerprint density at radius 2 is 1.66 bits per heavy atom. The number of carbonyl (C=O) groups excluding carboxylic acids is 1. The topological polar surface area (TPSA) is 46.5 Å². The number of hydrogen-bond acceptors (Lipinski definition) is 3. The van der Waals surface area contributed by atoms with E-state index in [0.717, 1.165) is 23.8 Å². The zero-order valence-electron chi connectivity index (χ0n) is 16.1. The maximum absolute atomic E-state index is 14.8. The number of benzene rings is 3. The fourth-order valence-corrected chi connectivity index (χ4v) is 3.59. The highest BCUT2D eigenvalue weighted by molar-refractivity contribution is 6.33.